The third kappa shape index (κ3) is 5.17. The van der Waals surface area contributed by atoms with E-state index >= 15 is 0 Å². The Labute approximate surface area is 153 Å². The van der Waals surface area contributed by atoms with E-state index in [0.717, 1.165) is 6.07 Å². The van der Waals surface area contributed by atoms with Crippen molar-refractivity contribution in [3.8, 4) is 0 Å². The number of non-ortho nitro benzene ring substituents is 1. The van der Waals surface area contributed by atoms with Gasteiger partial charge in [-0.25, -0.2) is 0 Å². The number of halogens is 2. The number of carbonyl (C=O) groups excluding carboxylic acids is 2. The maximum atomic E-state index is 12.0. The van der Waals surface area contributed by atoms with Gasteiger partial charge in [-0.3, -0.25) is 19.7 Å². The lowest BCUT2D eigenvalue weighted by atomic mass is 10.2. The molecule has 2 aromatic rings. The molecule has 0 atom stereocenters. The van der Waals surface area contributed by atoms with Gasteiger partial charge in [0.1, 0.15) is 0 Å². The summed E-state index contributed by atoms with van der Waals surface area (Å²) < 4.78 is 0. The molecule has 0 radical (unpaired) electrons. The van der Waals surface area contributed by atoms with Crippen LogP contribution in [0.4, 0.5) is 5.69 Å². The second-order valence-corrected chi connectivity index (χ2v) is 5.78. The Hall–Kier alpha value is -2.64. The molecule has 0 fully saturated rings. The van der Waals surface area contributed by atoms with Crippen molar-refractivity contribution in [2.24, 2.45) is 0 Å². The monoisotopic (exact) mass is 381 g/mol. The van der Waals surface area contributed by atoms with Gasteiger partial charge in [-0.2, -0.15) is 0 Å². The summed E-state index contributed by atoms with van der Waals surface area (Å²) in [7, 11) is 0. The van der Waals surface area contributed by atoms with Crippen molar-refractivity contribution >= 4 is 40.7 Å². The summed E-state index contributed by atoms with van der Waals surface area (Å²) >= 11 is 11.6. The van der Waals surface area contributed by atoms with Crippen molar-refractivity contribution in [1.82, 2.24) is 10.6 Å². The Morgan fingerprint density at radius 1 is 0.960 bits per heavy atom. The van der Waals surface area contributed by atoms with Gasteiger partial charge < -0.3 is 10.6 Å². The van der Waals surface area contributed by atoms with Crippen LogP contribution in [-0.2, 0) is 0 Å². The van der Waals surface area contributed by atoms with Crippen LogP contribution in [0.3, 0.4) is 0 Å². The Bertz CT molecular complexity index is 810. The van der Waals surface area contributed by atoms with Crippen LogP contribution < -0.4 is 10.6 Å². The van der Waals surface area contributed by atoms with Gasteiger partial charge in [0.15, 0.2) is 0 Å². The summed E-state index contributed by atoms with van der Waals surface area (Å²) in [6.07, 6.45) is 0. The fourth-order valence-corrected chi connectivity index (χ4v) is 2.34. The first-order valence-corrected chi connectivity index (χ1v) is 7.90. The lowest BCUT2D eigenvalue weighted by Gasteiger charge is -2.08. The maximum Gasteiger partial charge on any atom is 0.270 e. The highest BCUT2D eigenvalue weighted by Crippen LogP contribution is 2.22. The second-order valence-electron chi connectivity index (χ2n) is 4.94. The van der Waals surface area contributed by atoms with E-state index in [1.54, 1.807) is 24.3 Å². The standard InChI is InChI=1S/C16H13Cl2N3O4/c17-11-3-1-10(2-4-11)15(22)19-7-8-20-16(23)13-6-5-12(21(24)25)9-14(13)18/h1-6,9H,7-8H2,(H,19,22)(H,20,23). The van der Waals surface area contributed by atoms with Crippen LogP contribution in [0.15, 0.2) is 42.5 Å². The number of amides is 2. The smallest absolute Gasteiger partial charge is 0.270 e. The molecular weight excluding hydrogens is 369 g/mol. The number of carbonyl (C=O) groups is 2. The fourth-order valence-electron chi connectivity index (χ4n) is 1.95. The van der Waals surface area contributed by atoms with Crippen LogP contribution >= 0.6 is 23.2 Å². The predicted octanol–water partition coefficient (Wildman–Crippen LogP) is 3.06. The van der Waals surface area contributed by atoms with Gasteiger partial charge >= 0.3 is 0 Å². The van der Waals surface area contributed by atoms with E-state index in [9.17, 15) is 19.7 Å². The molecule has 2 amide bonds. The van der Waals surface area contributed by atoms with E-state index in [4.69, 9.17) is 23.2 Å². The molecule has 0 aromatic heterocycles. The highest BCUT2D eigenvalue weighted by molar-refractivity contribution is 6.34. The molecule has 2 rings (SSSR count). The third-order valence-electron chi connectivity index (χ3n) is 3.21. The average Bonchev–Trinajstić information content (AvgIpc) is 2.58. The lowest BCUT2D eigenvalue weighted by molar-refractivity contribution is -0.384. The lowest BCUT2D eigenvalue weighted by Crippen LogP contribution is -2.34. The van der Waals surface area contributed by atoms with E-state index in [2.05, 4.69) is 10.6 Å². The summed E-state index contributed by atoms with van der Waals surface area (Å²) in [5, 5.41) is 16.4. The quantitative estimate of drug-likeness (QED) is 0.456. The maximum absolute atomic E-state index is 12.0. The number of nitro groups is 1. The molecule has 0 spiro atoms. The highest BCUT2D eigenvalue weighted by atomic mass is 35.5. The van der Waals surface area contributed by atoms with Crippen molar-refractivity contribution in [2.75, 3.05) is 13.1 Å². The summed E-state index contributed by atoms with van der Waals surface area (Å²) in [6, 6.07) is 9.98. The second kappa shape index (κ2) is 8.46. The zero-order chi connectivity index (χ0) is 18.4. The average molecular weight is 382 g/mol. The molecule has 0 saturated heterocycles. The van der Waals surface area contributed by atoms with Crippen molar-refractivity contribution < 1.29 is 14.5 Å². The predicted molar refractivity (Wildman–Crippen MR) is 94.2 cm³/mol. The van der Waals surface area contributed by atoms with E-state index in [-0.39, 0.29) is 35.3 Å². The Balaban J connectivity index is 1.83. The summed E-state index contributed by atoms with van der Waals surface area (Å²) in [4.78, 5) is 33.9. The Morgan fingerprint density at radius 3 is 2.12 bits per heavy atom. The summed E-state index contributed by atoms with van der Waals surface area (Å²) in [5.74, 6) is -0.778. The van der Waals surface area contributed by atoms with Crippen molar-refractivity contribution in [2.45, 2.75) is 0 Å². The van der Waals surface area contributed by atoms with Crippen LogP contribution in [0.5, 0.6) is 0 Å². The van der Waals surface area contributed by atoms with Gasteiger partial charge in [-0.1, -0.05) is 23.2 Å². The Morgan fingerprint density at radius 2 is 1.56 bits per heavy atom. The van der Waals surface area contributed by atoms with E-state index in [0.29, 0.717) is 10.6 Å². The Kier molecular flexibility index (Phi) is 6.32. The molecule has 0 bridgehead atoms. The molecular formula is C16H13Cl2N3O4. The molecule has 0 aliphatic heterocycles. The van der Waals surface area contributed by atoms with Crippen molar-refractivity contribution in [3.63, 3.8) is 0 Å². The number of nitro benzene ring substituents is 1. The zero-order valence-corrected chi connectivity index (χ0v) is 14.3. The molecule has 0 aliphatic carbocycles. The molecule has 25 heavy (non-hydrogen) atoms. The van der Waals surface area contributed by atoms with Crippen LogP contribution in [0.2, 0.25) is 10.0 Å². The molecule has 0 heterocycles. The van der Waals surface area contributed by atoms with Gasteiger partial charge in [-0.15, -0.1) is 0 Å². The minimum atomic E-state index is -0.597. The number of rotatable bonds is 6. The molecule has 0 unspecified atom stereocenters. The third-order valence-corrected chi connectivity index (χ3v) is 3.78. The normalized spacial score (nSPS) is 10.2. The van der Waals surface area contributed by atoms with Gasteiger partial charge in [0.05, 0.1) is 15.5 Å². The van der Waals surface area contributed by atoms with Crippen molar-refractivity contribution in [3.05, 3.63) is 73.8 Å². The number of hydrogen-bond acceptors (Lipinski definition) is 4. The van der Waals surface area contributed by atoms with Crippen LogP contribution in [0, 0.1) is 10.1 Å². The SMILES string of the molecule is O=C(NCCNC(=O)c1ccc([N+](=O)[O-])cc1Cl)c1ccc(Cl)cc1. The van der Waals surface area contributed by atoms with Crippen LogP contribution in [-0.4, -0.2) is 29.8 Å². The van der Waals surface area contributed by atoms with E-state index < -0.39 is 10.8 Å². The zero-order valence-electron chi connectivity index (χ0n) is 12.8. The highest BCUT2D eigenvalue weighted by Gasteiger charge is 2.14. The molecule has 2 N–H and O–H groups in total. The summed E-state index contributed by atoms with van der Waals surface area (Å²) in [5.41, 5.74) is 0.377. The van der Waals surface area contributed by atoms with E-state index in [1.165, 1.54) is 12.1 Å². The first kappa shape index (κ1) is 18.7. The topological polar surface area (TPSA) is 101 Å². The van der Waals surface area contributed by atoms with Gasteiger partial charge in [0.2, 0.25) is 0 Å². The minimum Gasteiger partial charge on any atom is -0.350 e. The van der Waals surface area contributed by atoms with Gasteiger partial charge in [0, 0.05) is 35.8 Å². The van der Waals surface area contributed by atoms with Gasteiger partial charge in [0.25, 0.3) is 17.5 Å². The molecule has 7 nitrogen and oxygen atoms in total. The first-order chi connectivity index (χ1) is 11.9. The summed E-state index contributed by atoms with van der Waals surface area (Å²) in [6.45, 7) is 0.378. The molecule has 0 aliphatic rings. The molecule has 9 heteroatoms. The number of benzene rings is 2. The number of nitrogens with zero attached hydrogens (tertiary/aromatic N) is 1. The number of nitrogens with one attached hydrogen (secondary N) is 2. The van der Waals surface area contributed by atoms with Gasteiger partial charge in [-0.05, 0) is 30.3 Å². The molecule has 2 aromatic carbocycles. The largest absolute Gasteiger partial charge is 0.350 e. The fraction of sp³-hybridized carbons (Fsp3) is 0.125. The van der Waals surface area contributed by atoms with E-state index in [1.807, 2.05) is 0 Å². The van der Waals surface area contributed by atoms with Crippen LogP contribution in [0.1, 0.15) is 20.7 Å². The minimum absolute atomic E-state index is 0.0168. The van der Waals surface area contributed by atoms with Crippen molar-refractivity contribution in [1.29, 1.82) is 0 Å². The molecule has 130 valence electrons. The number of hydrogen-bond donors (Lipinski definition) is 2. The molecule has 0 saturated carbocycles. The van der Waals surface area contributed by atoms with Crippen LogP contribution in [0.25, 0.3) is 0 Å². The first-order valence-electron chi connectivity index (χ1n) is 7.14.